The van der Waals surface area contributed by atoms with Gasteiger partial charge in [0.1, 0.15) is 11.5 Å². The van der Waals surface area contributed by atoms with Crippen molar-refractivity contribution in [2.45, 2.75) is 25.3 Å². The molecule has 0 saturated heterocycles. The van der Waals surface area contributed by atoms with Crippen LogP contribution in [0.4, 0.5) is 30.7 Å². The Morgan fingerprint density at radius 1 is 0.881 bits per heavy atom. The van der Waals surface area contributed by atoms with E-state index in [0.717, 1.165) is 6.07 Å². The molecule has 1 unspecified atom stereocenters. The van der Waals surface area contributed by atoms with Gasteiger partial charge in [0.25, 0.3) is 0 Å². The summed E-state index contributed by atoms with van der Waals surface area (Å²) in [6.45, 7) is 1.54. The van der Waals surface area contributed by atoms with Gasteiger partial charge in [-0.3, -0.25) is 0 Å². The lowest BCUT2D eigenvalue weighted by molar-refractivity contribution is -0.146. The minimum atomic E-state index is -5.12. The van der Waals surface area contributed by atoms with Crippen LogP contribution in [0.5, 0.6) is 0 Å². The maximum Gasteiger partial charge on any atom is 0.417 e. The maximum absolute atomic E-state index is 14.2. The summed E-state index contributed by atoms with van der Waals surface area (Å²) in [7, 11) is 0. The van der Waals surface area contributed by atoms with Gasteiger partial charge in [0.15, 0.2) is 17.7 Å². The standard InChI is InChI=1S/C27H17F7N6O2/c1-2-42-25(41)22(40-12-21-24(35-13-40)37-23(36-21)16-5-3-4-6-18(16)28)20-10-9-19(38-39-20)15-8-7-14(26(29,30)31)11-17(15)27(32,33)34/h3-13,22H,2H2,1H3. The number of aromatic nitrogens is 6. The minimum absolute atomic E-state index is 0.000447. The molecule has 8 nitrogen and oxygen atoms in total. The number of nitrogens with zero attached hydrogens (tertiary/aromatic N) is 6. The third-order valence-electron chi connectivity index (χ3n) is 6.07. The van der Waals surface area contributed by atoms with Gasteiger partial charge in [-0.05, 0) is 43.3 Å². The molecular formula is C27H17F7N6O2. The van der Waals surface area contributed by atoms with Crippen LogP contribution in [0, 0.1) is 5.82 Å². The molecule has 3 aromatic rings. The van der Waals surface area contributed by atoms with E-state index in [9.17, 15) is 35.5 Å². The molecule has 1 aromatic heterocycles. The normalized spacial score (nSPS) is 12.9. The van der Waals surface area contributed by atoms with E-state index >= 15 is 0 Å². The van der Waals surface area contributed by atoms with E-state index < -0.39 is 46.9 Å². The first-order valence-electron chi connectivity index (χ1n) is 12.1. The molecule has 0 fully saturated rings. The third kappa shape index (κ3) is 5.62. The van der Waals surface area contributed by atoms with Crippen LogP contribution in [0.3, 0.4) is 0 Å². The van der Waals surface area contributed by atoms with Crippen LogP contribution in [0.15, 0.2) is 67.1 Å². The zero-order valence-corrected chi connectivity index (χ0v) is 21.3. The second-order valence-electron chi connectivity index (χ2n) is 8.81. The Kier molecular flexibility index (Phi) is 7.34. The third-order valence-corrected chi connectivity index (χ3v) is 6.07. The second kappa shape index (κ2) is 10.8. The van der Waals surface area contributed by atoms with Gasteiger partial charge in [-0.1, -0.05) is 18.2 Å². The summed E-state index contributed by atoms with van der Waals surface area (Å²) in [6.07, 6.45) is -7.51. The smallest absolute Gasteiger partial charge is 0.417 e. The summed E-state index contributed by atoms with van der Waals surface area (Å²) in [4.78, 5) is 25.6. The van der Waals surface area contributed by atoms with E-state index in [1.54, 1.807) is 13.0 Å². The quantitative estimate of drug-likeness (QED) is 0.171. The molecule has 5 rings (SSSR count). The lowest BCUT2D eigenvalue weighted by Crippen LogP contribution is -2.25. The van der Waals surface area contributed by atoms with E-state index in [4.69, 9.17) is 4.74 Å². The van der Waals surface area contributed by atoms with Gasteiger partial charge >= 0.3 is 18.3 Å². The zero-order chi connectivity index (χ0) is 30.2. The van der Waals surface area contributed by atoms with Crippen molar-refractivity contribution < 1.29 is 40.3 Å². The molecular weight excluding hydrogens is 573 g/mol. The van der Waals surface area contributed by atoms with E-state index in [-0.39, 0.29) is 47.0 Å². The molecule has 2 aliphatic heterocycles. The van der Waals surface area contributed by atoms with Crippen LogP contribution in [-0.2, 0) is 21.9 Å². The van der Waals surface area contributed by atoms with E-state index in [0.29, 0.717) is 12.1 Å². The van der Waals surface area contributed by atoms with Gasteiger partial charge < -0.3 is 9.30 Å². The number of imidazole rings is 1. The highest BCUT2D eigenvalue weighted by Crippen LogP contribution is 2.40. The van der Waals surface area contributed by atoms with Crippen LogP contribution < -0.4 is 0 Å². The number of carbonyl (C=O) groups is 1. The number of hydrogen-bond donors (Lipinski definition) is 0. The second-order valence-corrected chi connectivity index (χ2v) is 8.81. The number of halogens is 7. The van der Waals surface area contributed by atoms with Gasteiger partial charge in [0.2, 0.25) is 0 Å². The van der Waals surface area contributed by atoms with Crippen molar-refractivity contribution in [3.05, 3.63) is 89.8 Å². The molecule has 0 bridgehead atoms. The molecule has 42 heavy (non-hydrogen) atoms. The summed E-state index contributed by atoms with van der Waals surface area (Å²) in [5, 5.41) is 7.68. The van der Waals surface area contributed by atoms with Crippen molar-refractivity contribution in [1.29, 1.82) is 0 Å². The average molecular weight is 590 g/mol. The number of esters is 1. The van der Waals surface area contributed by atoms with Crippen LogP contribution in [-0.4, -0.2) is 42.3 Å². The minimum Gasteiger partial charge on any atom is -0.464 e. The Morgan fingerprint density at radius 3 is 2.29 bits per heavy atom. The number of carbonyl (C=O) groups excluding carboxylic acids is 1. The average Bonchev–Trinajstić information content (AvgIpc) is 3.36. The Hall–Kier alpha value is -4.95. The fourth-order valence-corrected chi connectivity index (χ4v) is 4.16. The Balaban J connectivity index is 1.54. The summed E-state index contributed by atoms with van der Waals surface area (Å²) in [5.74, 6) is -1.16. The number of hydrogen-bond acceptors (Lipinski definition) is 7. The van der Waals surface area contributed by atoms with Crippen molar-refractivity contribution in [3.8, 4) is 34.2 Å². The predicted octanol–water partition coefficient (Wildman–Crippen LogP) is 6.23. The van der Waals surface area contributed by atoms with Crippen LogP contribution in [0.2, 0.25) is 0 Å². The van der Waals surface area contributed by atoms with Crippen LogP contribution in [0.1, 0.15) is 29.8 Å². The summed E-state index contributed by atoms with van der Waals surface area (Å²) < 4.78 is 101. The molecule has 0 spiro atoms. The molecule has 15 heteroatoms. The summed E-state index contributed by atoms with van der Waals surface area (Å²) in [6, 6.07) is 7.97. The van der Waals surface area contributed by atoms with Crippen molar-refractivity contribution in [3.63, 3.8) is 0 Å². The first-order chi connectivity index (χ1) is 19.9. The van der Waals surface area contributed by atoms with Crippen molar-refractivity contribution in [2.24, 2.45) is 0 Å². The first kappa shape index (κ1) is 28.6. The predicted molar refractivity (Wildman–Crippen MR) is 132 cm³/mol. The lowest BCUT2D eigenvalue weighted by Gasteiger charge is -2.19. The van der Waals surface area contributed by atoms with Gasteiger partial charge in [0, 0.05) is 11.8 Å². The Bertz CT molecular complexity index is 1720. The number of fused-ring (bicyclic) bond motifs is 1. The highest BCUT2D eigenvalue weighted by Gasteiger charge is 2.39. The zero-order valence-electron chi connectivity index (χ0n) is 21.3. The highest BCUT2D eigenvalue weighted by molar-refractivity contribution is 5.78. The maximum atomic E-state index is 14.2. The van der Waals surface area contributed by atoms with Gasteiger partial charge in [-0.15, -0.1) is 0 Å². The van der Waals surface area contributed by atoms with E-state index in [1.165, 1.54) is 41.4 Å². The number of benzene rings is 2. The number of alkyl halides is 6. The van der Waals surface area contributed by atoms with Crippen molar-refractivity contribution >= 4 is 5.97 Å². The highest BCUT2D eigenvalue weighted by atomic mass is 19.4. The SMILES string of the molecule is CCOC(=O)C(c1ccc(-c2ccc(C(F)(F)F)cc2C(F)(F)F)nn1)n1cnc2nc(-c3ccccc3F)nc-2c1. The topological polar surface area (TPSA) is 95.7 Å². The van der Waals surface area contributed by atoms with E-state index in [2.05, 4.69) is 25.1 Å². The molecule has 2 aromatic carbocycles. The molecule has 2 aliphatic rings. The molecule has 0 N–H and O–H groups in total. The first-order valence-corrected chi connectivity index (χ1v) is 12.1. The van der Waals surface area contributed by atoms with Gasteiger partial charge in [-0.25, -0.2) is 24.1 Å². The molecule has 3 heterocycles. The number of rotatable bonds is 6. The van der Waals surface area contributed by atoms with Crippen LogP contribution in [0.25, 0.3) is 34.2 Å². The Morgan fingerprint density at radius 2 is 1.64 bits per heavy atom. The molecule has 0 saturated carbocycles. The molecule has 1 atom stereocenters. The Labute approximate surface area is 232 Å². The van der Waals surface area contributed by atoms with Crippen molar-refractivity contribution in [1.82, 2.24) is 29.7 Å². The molecule has 0 radical (unpaired) electrons. The fraction of sp³-hybridized carbons (Fsp3) is 0.185. The lowest BCUT2D eigenvalue weighted by atomic mass is 10.00. The largest absolute Gasteiger partial charge is 0.464 e. The monoisotopic (exact) mass is 590 g/mol. The molecule has 0 aliphatic carbocycles. The van der Waals surface area contributed by atoms with Gasteiger partial charge in [-0.2, -0.15) is 36.5 Å². The van der Waals surface area contributed by atoms with Crippen molar-refractivity contribution in [2.75, 3.05) is 6.61 Å². The summed E-state index contributed by atoms with van der Waals surface area (Å²) >= 11 is 0. The molecule has 216 valence electrons. The van der Waals surface area contributed by atoms with Gasteiger partial charge in [0.05, 0.1) is 41.0 Å². The van der Waals surface area contributed by atoms with E-state index in [1.807, 2.05) is 0 Å². The summed E-state index contributed by atoms with van der Waals surface area (Å²) in [5.41, 5.74) is -3.79. The molecule has 0 amide bonds. The number of ether oxygens (including phenoxy) is 1. The fourth-order valence-electron chi connectivity index (χ4n) is 4.16. The van der Waals surface area contributed by atoms with Crippen LogP contribution >= 0.6 is 0 Å².